The Labute approximate surface area is 157 Å². The fourth-order valence-corrected chi connectivity index (χ4v) is 2.36. The third kappa shape index (κ3) is 5.34. The minimum atomic E-state index is -0.731. The molecule has 3 rings (SSSR count). The van der Waals surface area contributed by atoms with Gasteiger partial charge in [-0.2, -0.15) is 5.01 Å². The molecule has 3 amide bonds. The first-order valence-corrected chi connectivity index (χ1v) is 8.41. The highest BCUT2D eigenvalue weighted by Crippen LogP contribution is 2.14. The van der Waals surface area contributed by atoms with Crippen LogP contribution in [0.15, 0.2) is 91.0 Å². The van der Waals surface area contributed by atoms with E-state index in [0.717, 1.165) is 10.6 Å². The largest absolute Gasteiger partial charge is 0.443 e. The minimum Gasteiger partial charge on any atom is -0.443 e. The van der Waals surface area contributed by atoms with Crippen LogP contribution in [0.5, 0.6) is 0 Å². The van der Waals surface area contributed by atoms with Gasteiger partial charge in [0.05, 0.1) is 5.69 Å². The monoisotopic (exact) mass is 361 g/mol. The molecule has 0 fully saturated rings. The standard InChI is InChI=1S/C21H19N3O3/c25-20(22-18-12-6-2-7-13-18)24(19-14-8-3-9-15-19)23-21(26)27-16-17-10-4-1-5-11-17/h1-15H,16H2,(H,22,25)(H,23,26). The smallest absolute Gasteiger partial charge is 0.426 e. The van der Waals surface area contributed by atoms with E-state index in [1.165, 1.54) is 0 Å². The van der Waals surface area contributed by atoms with Crippen LogP contribution in [0, 0.1) is 0 Å². The fraction of sp³-hybridized carbons (Fsp3) is 0.0476. The number of hydrazine groups is 1. The van der Waals surface area contributed by atoms with Gasteiger partial charge in [-0.1, -0.05) is 66.7 Å². The molecule has 0 saturated heterocycles. The third-order valence-corrected chi connectivity index (χ3v) is 3.66. The van der Waals surface area contributed by atoms with Crippen LogP contribution in [-0.4, -0.2) is 12.1 Å². The predicted octanol–water partition coefficient (Wildman–Crippen LogP) is 4.57. The van der Waals surface area contributed by atoms with Crippen LogP contribution in [0.25, 0.3) is 0 Å². The summed E-state index contributed by atoms with van der Waals surface area (Å²) in [5.74, 6) is 0. The molecule has 0 unspecified atom stereocenters. The number of ether oxygens (including phenoxy) is 1. The van der Waals surface area contributed by atoms with E-state index in [0.29, 0.717) is 11.4 Å². The molecule has 0 aliphatic carbocycles. The van der Waals surface area contributed by atoms with Crippen molar-refractivity contribution in [3.05, 3.63) is 96.6 Å². The molecule has 0 aromatic heterocycles. The number of carbonyl (C=O) groups is 2. The minimum absolute atomic E-state index is 0.107. The topological polar surface area (TPSA) is 70.7 Å². The van der Waals surface area contributed by atoms with Crippen molar-refractivity contribution < 1.29 is 14.3 Å². The van der Waals surface area contributed by atoms with Gasteiger partial charge in [-0.05, 0) is 29.8 Å². The van der Waals surface area contributed by atoms with Gasteiger partial charge < -0.3 is 10.1 Å². The second-order valence-corrected chi connectivity index (χ2v) is 5.64. The summed E-state index contributed by atoms with van der Waals surface area (Å²) in [6.07, 6.45) is -0.731. The Morgan fingerprint density at radius 2 is 1.33 bits per heavy atom. The van der Waals surface area contributed by atoms with Gasteiger partial charge in [-0.25, -0.2) is 15.0 Å². The zero-order chi connectivity index (χ0) is 18.9. The maximum Gasteiger partial charge on any atom is 0.426 e. The molecule has 136 valence electrons. The lowest BCUT2D eigenvalue weighted by Gasteiger charge is -2.23. The first-order valence-electron chi connectivity index (χ1n) is 8.41. The molecule has 27 heavy (non-hydrogen) atoms. The van der Waals surface area contributed by atoms with Crippen LogP contribution in [0.4, 0.5) is 21.0 Å². The Hall–Kier alpha value is -3.80. The summed E-state index contributed by atoms with van der Waals surface area (Å²) in [6, 6.07) is 26.6. The Morgan fingerprint density at radius 3 is 1.96 bits per heavy atom. The average molecular weight is 361 g/mol. The molecule has 0 atom stereocenters. The van der Waals surface area contributed by atoms with E-state index in [2.05, 4.69) is 10.7 Å². The number of para-hydroxylation sites is 2. The molecule has 0 heterocycles. The second kappa shape index (κ2) is 9.05. The molecular formula is C21H19N3O3. The SMILES string of the molecule is O=C(NN(C(=O)Nc1ccccc1)c1ccccc1)OCc1ccccc1. The number of carbonyl (C=O) groups excluding carboxylic acids is 2. The lowest BCUT2D eigenvalue weighted by molar-refractivity contribution is 0.139. The molecule has 3 aromatic carbocycles. The summed E-state index contributed by atoms with van der Waals surface area (Å²) in [5.41, 5.74) is 4.45. The first kappa shape index (κ1) is 18.0. The highest BCUT2D eigenvalue weighted by molar-refractivity contribution is 6.02. The molecular weight excluding hydrogens is 342 g/mol. The van der Waals surface area contributed by atoms with Gasteiger partial charge >= 0.3 is 12.1 Å². The number of nitrogens with one attached hydrogen (secondary N) is 2. The van der Waals surface area contributed by atoms with Gasteiger partial charge in [0.25, 0.3) is 0 Å². The number of nitrogens with zero attached hydrogens (tertiary/aromatic N) is 1. The van der Waals surface area contributed by atoms with E-state index in [1.807, 2.05) is 54.6 Å². The van der Waals surface area contributed by atoms with Crippen molar-refractivity contribution in [2.45, 2.75) is 6.61 Å². The van der Waals surface area contributed by atoms with Crippen molar-refractivity contribution in [2.75, 3.05) is 10.3 Å². The van der Waals surface area contributed by atoms with Crippen molar-refractivity contribution in [2.24, 2.45) is 0 Å². The van der Waals surface area contributed by atoms with Crippen LogP contribution in [0.3, 0.4) is 0 Å². The van der Waals surface area contributed by atoms with Gasteiger partial charge in [-0.3, -0.25) is 0 Å². The number of hydrogen-bond acceptors (Lipinski definition) is 3. The number of rotatable bonds is 4. The van der Waals surface area contributed by atoms with Crippen LogP contribution in [-0.2, 0) is 11.3 Å². The molecule has 0 bridgehead atoms. The van der Waals surface area contributed by atoms with Gasteiger partial charge in [0.15, 0.2) is 0 Å². The van der Waals surface area contributed by atoms with E-state index < -0.39 is 12.1 Å². The van der Waals surface area contributed by atoms with Crippen molar-refractivity contribution in [3.63, 3.8) is 0 Å². The molecule has 6 nitrogen and oxygen atoms in total. The van der Waals surface area contributed by atoms with Crippen molar-refractivity contribution in [1.29, 1.82) is 0 Å². The zero-order valence-electron chi connectivity index (χ0n) is 14.5. The molecule has 0 aliphatic rings. The molecule has 0 radical (unpaired) electrons. The van der Waals surface area contributed by atoms with Gasteiger partial charge in [0.2, 0.25) is 0 Å². The molecule has 3 aromatic rings. The van der Waals surface area contributed by atoms with E-state index in [1.54, 1.807) is 36.4 Å². The number of hydrogen-bond donors (Lipinski definition) is 2. The van der Waals surface area contributed by atoms with Crippen molar-refractivity contribution >= 4 is 23.5 Å². The molecule has 2 N–H and O–H groups in total. The Morgan fingerprint density at radius 1 is 0.778 bits per heavy atom. The maximum atomic E-state index is 12.7. The number of amides is 3. The normalized spacial score (nSPS) is 9.93. The average Bonchev–Trinajstić information content (AvgIpc) is 2.72. The van der Waals surface area contributed by atoms with Gasteiger partial charge in [0.1, 0.15) is 6.61 Å². The number of benzene rings is 3. The molecule has 0 saturated carbocycles. The third-order valence-electron chi connectivity index (χ3n) is 3.66. The van der Waals surface area contributed by atoms with Crippen LogP contribution in [0.1, 0.15) is 5.56 Å². The summed E-state index contributed by atoms with van der Waals surface area (Å²) in [4.78, 5) is 24.9. The van der Waals surface area contributed by atoms with E-state index >= 15 is 0 Å². The maximum absolute atomic E-state index is 12.7. The zero-order valence-corrected chi connectivity index (χ0v) is 14.5. The lowest BCUT2D eigenvalue weighted by Crippen LogP contribution is -2.48. The van der Waals surface area contributed by atoms with Crippen LogP contribution >= 0.6 is 0 Å². The highest BCUT2D eigenvalue weighted by atomic mass is 16.6. The number of anilines is 2. The Kier molecular flexibility index (Phi) is 6.04. The number of urea groups is 1. The van der Waals surface area contributed by atoms with Crippen LogP contribution < -0.4 is 15.8 Å². The quantitative estimate of drug-likeness (QED) is 0.669. The first-order chi connectivity index (χ1) is 13.2. The van der Waals surface area contributed by atoms with Gasteiger partial charge in [0, 0.05) is 5.69 Å². The lowest BCUT2D eigenvalue weighted by atomic mass is 10.2. The van der Waals surface area contributed by atoms with Crippen molar-refractivity contribution in [3.8, 4) is 0 Å². The summed E-state index contributed by atoms with van der Waals surface area (Å²) >= 11 is 0. The summed E-state index contributed by atoms with van der Waals surface area (Å²) in [7, 11) is 0. The second-order valence-electron chi connectivity index (χ2n) is 5.64. The van der Waals surface area contributed by atoms with E-state index in [9.17, 15) is 9.59 Å². The highest BCUT2D eigenvalue weighted by Gasteiger charge is 2.19. The van der Waals surface area contributed by atoms with Crippen LogP contribution in [0.2, 0.25) is 0 Å². The summed E-state index contributed by atoms with van der Waals surface area (Å²) < 4.78 is 5.21. The summed E-state index contributed by atoms with van der Waals surface area (Å²) in [5, 5.41) is 3.85. The van der Waals surface area contributed by atoms with E-state index in [-0.39, 0.29) is 6.61 Å². The Balaban J connectivity index is 1.68. The molecule has 6 heteroatoms. The van der Waals surface area contributed by atoms with Gasteiger partial charge in [-0.15, -0.1) is 0 Å². The molecule has 0 aliphatic heterocycles. The molecule has 0 spiro atoms. The van der Waals surface area contributed by atoms with E-state index in [4.69, 9.17) is 4.74 Å². The van der Waals surface area contributed by atoms with Crippen molar-refractivity contribution in [1.82, 2.24) is 5.43 Å². The Bertz CT molecular complexity index is 871. The predicted molar refractivity (Wildman–Crippen MR) is 104 cm³/mol. The summed E-state index contributed by atoms with van der Waals surface area (Å²) in [6.45, 7) is 0.107. The fourth-order valence-electron chi connectivity index (χ4n) is 2.36.